The molecule has 0 spiro atoms. The van der Waals surface area contributed by atoms with Crippen molar-refractivity contribution in [2.45, 2.75) is 90.4 Å². The number of aromatic nitrogens is 4. The molecule has 36 heavy (non-hydrogen) atoms. The third-order valence-corrected chi connectivity index (χ3v) is 7.29. The zero-order valence-electron chi connectivity index (χ0n) is 21.0. The summed E-state index contributed by atoms with van der Waals surface area (Å²) in [5, 5.41) is 10.8. The maximum absolute atomic E-state index is 13.5. The Kier molecular flexibility index (Phi) is 6.68. The van der Waals surface area contributed by atoms with Crippen LogP contribution in [0.2, 0.25) is 0 Å². The van der Waals surface area contributed by atoms with Crippen LogP contribution in [0.4, 0.5) is 0 Å². The van der Waals surface area contributed by atoms with E-state index < -0.39 is 5.69 Å². The third kappa shape index (κ3) is 4.68. The second-order valence-electron chi connectivity index (χ2n) is 10.6. The van der Waals surface area contributed by atoms with Gasteiger partial charge >= 0.3 is 5.69 Å². The molecule has 192 valence electrons. The van der Waals surface area contributed by atoms with Crippen molar-refractivity contribution >= 4 is 28.5 Å². The highest BCUT2D eigenvalue weighted by Crippen LogP contribution is 2.20. The first-order valence-electron chi connectivity index (χ1n) is 13.1. The first kappa shape index (κ1) is 24.3. The van der Waals surface area contributed by atoms with Crippen LogP contribution in [0, 0.1) is 5.92 Å². The molecule has 0 bridgehead atoms. The van der Waals surface area contributed by atoms with Gasteiger partial charge in [0.05, 0.1) is 10.9 Å². The van der Waals surface area contributed by atoms with Crippen LogP contribution in [-0.2, 0) is 17.9 Å². The highest BCUT2D eigenvalue weighted by Gasteiger charge is 2.23. The number of carbonyl (C=O) groups is 2. The third-order valence-electron chi connectivity index (χ3n) is 7.29. The van der Waals surface area contributed by atoms with Crippen LogP contribution >= 0.6 is 0 Å². The van der Waals surface area contributed by atoms with Crippen molar-refractivity contribution in [1.82, 2.24) is 29.4 Å². The second-order valence-corrected chi connectivity index (χ2v) is 10.6. The lowest BCUT2D eigenvalue weighted by Gasteiger charge is -2.14. The highest BCUT2D eigenvalue weighted by molar-refractivity contribution is 5.98. The predicted octanol–water partition coefficient (Wildman–Crippen LogP) is 2.20. The Bertz CT molecular complexity index is 1420. The first-order valence-corrected chi connectivity index (χ1v) is 13.1. The van der Waals surface area contributed by atoms with Gasteiger partial charge in [-0.25, -0.2) is 13.9 Å². The minimum absolute atomic E-state index is 0.131. The molecule has 5 rings (SSSR count). The Hall–Kier alpha value is -3.43. The lowest BCUT2D eigenvalue weighted by molar-refractivity contribution is -0.122. The number of hydrogen-bond donors (Lipinski definition) is 2. The largest absolute Gasteiger partial charge is 0.352 e. The van der Waals surface area contributed by atoms with Crippen molar-refractivity contribution < 1.29 is 9.59 Å². The van der Waals surface area contributed by atoms with Gasteiger partial charge in [-0.15, -0.1) is 5.10 Å². The van der Waals surface area contributed by atoms with E-state index in [-0.39, 0.29) is 47.7 Å². The molecule has 0 radical (unpaired) electrons. The molecule has 2 N–H and O–H groups in total. The van der Waals surface area contributed by atoms with E-state index in [1.807, 2.05) is 13.8 Å². The minimum atomic E-state index is -0.512. The van der Waals surface area contributed by atoms with Crippen molar-refractivity contribution in [1.29, 1.82) is 0 Å². The summed E-state index contributed by atoms with van der Waals surface area (Å²) in [6.07, 6.45) is 8.17. The number of benzene rings is 1. The van der Waals surface area contributed by atoms with Gasteiger partial charge in [-0.1, -0.05) is 39.5 Å². The molecule has 10 nitrogen and oxygen atoms in total. The van der Waals surface area contributed by atoms with Gasteiger partial charge in [-0.3, -0.25) is 19.0 Å². The van der Waals surface area contributed by atoms with Gasteiger partial charge in [0.2, 0.25) is 11.7 Å². The molecule has 2 fully saturated rings. The molecule has 0 saturated heterocycles. The molecule has 2 amide bonds. The monoisotopic (exact) mass is 494 g/mol. The predicted molar refractivity (Wildman–Crippen MR) is 136 cm³/mol. The molecule has 1 aromatic carbocycles. The van der Waals surface area contributed by atoms with Gasteiger partial charge in [0.1, 0.15) is 6.54 Å². The molecule has 0 aliphatic heterocycles. The average molecular weight is 495 g/mol. The zero-order chi connectivity index (χ0) is 25.4. The van der Waals surface area contributed by atoms with Crippen molar-refractivity contribution in [2.75, 3.05) is 0 Å². The van der Waals surface area contributed by atoms with E-state index in [2.05, 4.69) is 15.7 Å². The van der Waals surface area contributed by atoms with Gasteiger partial charge in [-0.05, 0) is 49.8 Å². The van der Waals surface area contributed by atoms with Gasteiger partial charge in [0.15, 0.2) is 0 Å². The summed E-state index contributed by atoms with van der Waals surface area (Å²) < 4.78 is 3.95. The van der Waals surface area contributed by atoms with Crippen LogP contribution in [0.1, 0.15) is 75.6 Å². The van der Waals surface area contributed by atoms with E-state index in [4.69, 9.17) is 0 Å². The number of nitrogens with one attached hydrogen (secondary N) is 2. The molecule has 2 aliphatic carbocycles. The van der Waals surface area contributed by atoms with Crippen LogP contribution in [0.25, 0.3) is 16.7 Å². The van der Waals surface area contributed by atoms with Gasteiger partial charge in [0, 0.05) is 24.2 Å². The fraction of sp³-hybridized carbons (Fsp3) is 0.577. The molecule has 2 aromatic heterocycles. The van der Waals surface area contributed by atoms with Crippen LogP contribution in [-0.4, -0.2) is 42.6 Å². The van der Waals surface area contributed by atoms with Gasteiger partial charge in [-0.2, -0.15) is 0 Å². The molecule has 0 unspecified atom stereocenters. The summed E-state index contributed by atoms with van der Waals surface area (Å²) in [7, 11) is 0. The second kappa shape index (κ2) is 9.91. The molecule has 0 atom stereocenters. The van der Waals surface area contributed by atoms with Crippen LogP contribution in [0.5, 0.6) is 0 Å². The smallest absolute Gasteiger partial charge is 0.352 e. The van der Waals surface area contributed by atoms with Crippen molar-refractivity contribution in [3.05, 3.63) is 44.6 Å². The van der Waals surface area contributed by atoms with E-state index in [9.17, 15) is 19.2 Å². The zero-order valence-corrected chi connectivity index (χ0v) is 21.0. The number of nitrogens with zero attached hydrogens (tertiary/aromatic N) is 4. The first-order chi connectivity index (χ1) is 17.3. The highest BCUT2D eigenvalue weighted by atomic mass is 16.2. The summed E-state index contributed by atoms with van der Waals surface area (Å²) >= 11 is 0. The summed E-state index contributed by atoms with van der Waals surface area (Å²) in [6, 6.07) is 5.10. The maximum Gasteiger partial charge on any atom is 0.352 e. The fourth-order valence-corrected chi connectivity index (χ4v) is 5.51. The van der Waals surface area contributed by atoms with Crippen LogP contribution in [0.3, 0.4) is 0 Å². The van der Waals surface area contributed by atoms with Gasteiger partial charge < -0.3 is 10.6 Å². The summed E-state index contributed by atoms with van der Waals surface area (Å²) in [5.41, 5.74) is -0.0826. The van der Waals surface area contributed by atoms with Crippen molar-refractivity contribution in [3.8, 4) is 0 Å². The summed E-state index contributed by atoms with van der Waals surface area (Å²) in [5.74, 6) is -0.190. The fourth-order valence-electron chi connectivity index (χ4n) is 5.51. The Balaban J connectivity index is 1.58. The minimum Gasteiger partial charge on any atom is -0.352 e. The van der Waals surface area contributed by atoms with E-state index in [1.54, 1.807) is 18.2 Å². The molecule has 2 heterocycles. The number of amides is 2. The Labute approximate surface area is 208 Å². The lowest BCUT2D eigenvalue weighted by Crippen LogP contribution is -2.37. The van der Waals surface area contributed by atoms with E-state index in [0.29, 0.717) is 23.0 Å². The van der Waals surface area contributed by atoms with Crippen molar-refractivity contribution in [3.63, 3.8) is 0 Å². The quantitative estimate of drug-likeness (QED) is 0.522. The summed E-state index contributed by atoms with van der Waals surface area (Å²) in [4.78, 5) is 52.5. The summed E-state index contributed by atoms with van der Waals surface area (Å²) in [6.45, 7) is 4.10. The number of fused-ring (bicyclic) bond motifs is 3. The normalized spacial score (nSPS) is 17.0. The molecule has 2 saturated carbocycles. The number of carbonyl (C=O) groups excluding carboxylic acids is 2. The Morgan fingerprint density at radius 3 is 2.28 bits per heavy atom. The lowest BCUT2D eigenvalue weighted by atomic mass is 10.1. The molecule has 3 aromatic rings. The Morgan fingerprint density at radius 1 is 1.00 bits per heavy atom. The molecular formula is C26H34N6O4. The van der Waals surface area contributed by atoms with Crippen LogP contribution < -0.4 is 21.9 Å². The standard InChI is InChI=1S/C26H34N6O4/c1-16(2)14-30-24(35)20-12-11-17(23(34)28-19-9-5-6-10-19)13-21(20)32-25(30)29-31(26(32)36)15-22(33)27-18-7-3-4-8-18/h11-13,16,18-19H,3-10,14-15H2,1-2H3,(H,27,33)(H,28,34). The average Bonchev–Trinajstić information content (AvgIpc) is 3.59. The maximum atomic E-state index is 13.5. The SMILES string of the molecule is CC(C)Cn1c(=O)c2ccc(C(=O)NC3CCCC3)cc2n2c(=O)n(CC(=O)NC3CCCC3)nc12. The van der Waals surface area contributed by atoms with Gasteiger partial charge in [0.25, 0.3) is 11.5 Å². The topological polar surface area (TPSA) is 120 Å². The van der Waals surface area contributed by atoms with E-state index in [0.717, 1.165) is 56.0 Å². The van der Waals surface area contributed by atoms with Crippen molar-refractivity contribution in [2.24, 2.45) is 5.92 Å². The molecule has 10 heteroatoms. The van der Waals surface area contributed by atoms with E-state index in [1.165, 1.54) is 8.97 Å². The van der Waals surface area contributed by atoms with E-state index >= 15 is 0 Å². The van der Waals surface area contributed by atoms with Crippen LogP contribution in [0.15, 0.2) is 27.8 Å². The number of rotatable bonds is 7. The molecule has 2 aliphatic rings. The number of hydrogen-bond acceptors (Lipinski definition) is 5. The molecular weight excluding hydrogens is 460 g/mol. The Morgan fingerprint density at radius 2 is 1.64 bits per heavy atom.